The molecule has 0 aliphatic rings. The molecular weight excluding hydrogens is 298 g/mol. The third-order valence-electron chi connectivity index (χ3n) is 2.95. The van der Waals surface area contributed by atoms with Gasteiger partial charge in [0.2, 0.25) is 4.96 Å². The first-order valence-corrected chi connectivity index (χ1v) is 7.34. The third kappa shape index (κ3) is 2.73. The van der Waals surface area contributed by atoms with Crippen molar-refractivity contribution in [3.8, 4) is 6.07 Å². The summed E-state index contributed by atoms with van der Waals surface area (Å²) in [7, 11) is 0. The molecule has 2 heterocycles. The topological polar surface area (TPSA) is 83.1 Å². The Kier molecular flexibility index (Phi) is 3.68. The summed E-state index contributed by atoms with van der Waals surface area (Å²) in [5, 5.41) is 17.8. The van der Waals surface area contributed by atoms with E-state index in [2.05, 4.69) is 15.4 Å². The van der Waals surface area contributed by atoms with Gasteiger partial charge in [-0.25, -0.2) is 4.52 Å². The lowest BCUT2D eigenvalue weighted by atomic mass is 10.1. The molecule has 1 aromatic carbocycles. The van der Waals surface area contributed by atoms with E-state index in [4.69, 9.17) is 5.26 Å². The van der Waals surface area contributed by atoms with Crippen molar-refractivity contribution in [1.82, 2.24) is 14.6 Å². The molecule has 1 amide bonds. The van der Waals surface area contributed by atoms with Crippen molar-refractivity contribution in [2.24, 2.45) is 0 Å². The Morgan fingerprint density at radius 3 is 2.86 bits per heavy atom. The van der Waals surface area contributed by atoms with Crippen molar-refractivity contribution in [2.45, 2.75) is 6.92 Å². The number of anilines is 1. The molecule has 0 bridgehead atoms. The lowest BCUT2D eigenvalue weighted by Gasteiger charge is -1.99. The largest absolute Gasteiger partial charge is 0.288 e. The van der Waals surface area contributed by atoms with E-state index in [-0.39, 0.29) is 11.5 Å². The number of thiazole rings is 1. The van der Waals surface area contributed by atoms with Crippen LogP contribution in [0.25, 0.3) is 11.0 Å². The molecule has 0 saturated carbocycles. The molecule has 0 aliphatic heterocycles. The van der Waals surface area contributed by atoms with Crippen molar-refractivity contribution in [3.05, 3.63) is 52.5 Å². The van der Waals surface area contributed by atoms with E-state index in [0.29, 0.717) is 4.96 Å². The van der Waals surface area contributed by atoms with E-state index in [9.17, 15) is 4.79 Å². The summed E-state index contributed by atoms with van der Waals surface area (Å²) in [6.45, 7) is 1.90. The quantitative estimate of drug-likeness (QED) is 0.595. The third-order valence-corrected chi connectivity index (χ3v) is 3.88. The van der Waals surface area contributed by atoms with Crippen molar-refractivity contribution >= 4 is 34.2 Å². The normalized spacial score (nSPS) is 11.4. The van der Waals surface area contributed by atoms with E-state index in [0.717, 1.165) is 11.3 Å². The molecule has 0 spiro atoms. The van der Waals surface area contributed by atoms with E-state index in [1.54, 1.807) is 4.52 Å². The van der Waals surface area contributed by atoms with Gasteiger partial charge in [0.05, 0.1) is 5.69 Å². The van der Waals surface area contributed by atoms with Crippen LogP contribution in [0.2, 0.25) is 0 Å². The second-order valence-electron chi connectivity index (χ2n) is 4.54. The molecule has 3 aromatic rings. The fraction of sp³-hybridized carbons (Fsp3) is 0.0667. The fourth-order valence-electron chi connectivity index (χ4n) is 1.88. The van der Waals surface area contributed by atoms with Crippen LogP contribution in [0.1, 0.15) is 11.3 Å². The molecule has 0 saturated heterocycles. The van der Waals surface area contributed by atoms with Crippen LogP contribution >= 0.6 is 11.3 Å². The smallest absolute Gasteiger partial charge is 0.268 e. The van der Waals surface area contributed by atoms with Crippen molar-refractivity contribution in [2.75, 3.05) is 5.32 Å². The molecule has 0 fully saturated rings. The minimum Gasteiger partial charge on any atom is -0.288 e. The maximum absolute atomic E-state index is 12.1. The molecule has 2 aromatic heterocycles. The van der Waals surface area contributed by atoms with Gasteiger partial charge in [0.25, 0.3) is 11.9 Å². The SMILES string of the molecule is Cc1csc2nc(NC(=O)/C(C#N)=C/c3ccccc3)nn12. The number of carbonyl (C=O) groups is 1. The zero-order valence-corrected chi connectivity index (χ0v) is 12.5. The molecule has 7 heteroatoms. The number of hydrogen-bond donors (Lipinski definition) is 1. The van der Waals surface area contributed by atoms with Crippen LogP contribution in [0.5, 0.6) is 0 Å². The van der Waals surface area contributed by atoms with Crippen LogP contribution in [-0.4, -0.2) is 20.5 Å². The molecule has 3 rings (SSSR count). The number of carbonyl (C=O) groups excluding carboxylic acids is 1. The van der Waals surface area contributed by atoms with Gasteiger partial charge in [-0.05, 0) is 18.6 Å². The van der Waals surface area contributed by atoms with Crippen LogP contribution in [0.4, 0.5) is 5.95 Å². The van der Waals surface area contributed by atoms with Gasteiger partial charge in [-0.15, -0.1) is 16.4 Å². The Balaban J connectivity index is 1.83. The average molecular weight is 309 g/mol. The van der Waals surface area contributed by atoms with E-state index in [1.807, 2.05) is 48.7 Å². The molecule has 0 radical (unpaired) electrons. The van der Waals surface area contributed by atoms with E-state index < -0.39 is 5.91 Å². The number of nitrogens with one attached hydrogen (secondary N) is 1. The molecule has 0 unspecified atom stereocenters. The highest BCUT2D eigenvalue weighted by Crippen LogP contribution is 2.16. The van der Waals surface area contributed by atoms with Gasteiger partial charge < -0.3 is 0 Å². The highest BCUT2D eigenvalue weighted by molar-refractivity contribution is 7.15. The Hall–Kier alpha value is -2.98. The van der Waals surface area contributed by atoms with Crippen LogP contribution in [-0.2, 0) is 4.79 Å². The van der Waals surface area contributed by atoms with Crippen LogP contribution in [0.15, 0.2) is 41.3 Å². The van der Waals surface area contributed by atoms with Gasteiger partial charge in [0, 0.05) is 5.38 Å². The highest BCUT2D eigenvalue weighted by Gasteiger charge is 2.14. The number of benzene rings is 1. The maximum Gasteiger partial charge on any atom is 0.268 e. The maximum atomic E-state index is 12.1. The summed E-state index contributed by atoms with van der Waals surface area (Å²) in [4.78, 5) is 17.0. The van der Waals surface area contributed by atoms with Gasteiger partial charge in [-0.1, -0.05) is 30.3 Å². The summed E-state index contributed by atoms with van der Waals surface area (Å²) in [6.07, 6.45) is 1.53. The minimum atomic E-state index is -0.526. The van der Waals surface area contributed by atoms with Crippen LogP contribution in [0.3, 0.4) is 0 Å². The van der Waals surface area contributed by atoms with E-state index >= 15 is 0 Å². The predicted molar refractivity (Wildman–Crippen MR) is 84.3 cm³/mol. The monoisotopic (exact) mass is 309 g/mol. The Morgan fingerprint density at radius 1 is 1.41 bits per heavy atom. The van der Waals surface area contributed by atoms with Crippen molar-refractivity contribution in [1.29, 1.82) is 5.26 Å². The lowest BCUT2D eigenvalue weighted by Crippen LogP contribution is -2.14. The molecular formula is C15H11N5OS. The number of amides is 1. The summed E-state index contributed by atoms with van der Waals surface area (Å²) in [5.41, 5.74) is 1.72. The summed E-state index contributed by atoms with van der Waals surface area (Å²) in [6, 6.07) is 11.1. The number of rotatable bonds is 3. The molecule has 1 N–H and O–H groups in total. The van der Waals surface area contributed by atoms with Crippen molar-refractivity contribution < 1.29 is 4.79 Å². The first-order valence-electron chi connectivity index (χ1n) is 6.46. The van der Waals surface area contributed by atoms with E-state index in [1.165, 1.54) is 17.4 Å². The fourth-order valence-corrected chi connectivity index (χ4v) is 2.68. The van der Waals surface area contributed by atoms with Crippen LogP contribution in [0, 0.1) is 18.3 Å². The summed E-state index contributed by atoms with van der Waals surface area (Å²) < 4.78 is 1.65. The number of hydrogen-bond acceptors (Lipinski definition) is 5. The minimum absolute atomic E-state index is 0.000997. The number of aryl methyl sites for hydroxylation is 1. The number of nitriles is 1. The van der Waals surface area contributed by atoms with Gasteiger partial charge in [0.1, 0.15) is 11.6 Å². The molecule has 0 atom stereocenters. The number of fused-ring (bicyclic) bond motifs is 1. The highest BCUT2D eigenvalue weighted by atomic mass is 32.1. The second-order valence-corrected chi connectivity index (χ2v) is 5.38. The number of aromatic nitrogens is 3. The van der Waals surface area contributed by atoms with Gasteiger partial charge in [0.15, 0.2) is 0 Å². The second kappa shape index (κ2) is 5.79. The Labute approximate surface area is 130 Å². The van der Waals surface area contributed by atoms with Gasteiger partial charge >= 0.3 is 0 Å². The van der Waals surface area contributed by atoms with Gasteiger partial charge in [-0.2, -0.15) is 10.2 Å². The molecule has 22 heavy (non-hydrogen) atoms. The predicted octanol–water partition coefficient (Wildman–Crippen LogP) is 2.64. The zero-order valence-electron chi connectivity index (χ0n) is 11.6. The first kappa shape index (κ1) is 14.0. The Morgan fingerprint density at radius 2 is 2.18 bits per heavy atom. The lowest BCUT2D eigenvalue weighted by molar-refractivity contribution is -0.112. The van der Waals surface area contributed by atoms with Crippen LogP contribution < -0.4 is 5.32 Å². The number of nitrogens with zero attached hydrogens (tertiary/aromatic N) is 4. The molecule has 0 aliphatic carbocycles. The molecule has 108 valence electrons. The standard InChI is InChI=1S/C15H11N5OS/c1-10-9-22-15-18-14(19-20(10)15)17-13(21)12(8-16)7-11-5-3-2-4-6-11/h2-7,9H,1H3,(H,17,19,21)/b12-7+. The zero-order chi connectivity index (χ0) is 15.5. The average Bonchev–Trinajstić information content (AvgIpc) is 3.07. The summed E-state index contributed by atoms with van der Waals surface area (Å²) in [5.74, 6) is -0.337. The van der Waals surface area contributed by atoms with Crippen molar-refractivity contribution in [3.63, 3.8) is 0 Å². The molecule has 6 nitrogen and oxygen atoms in total. The first-order chi connectivity index (χ1) is 10.7. The Bertz CT molecular complexity index is 901. The summed E-state index contributed by atoms with van der Waals surface area (Å²) >= 11 is 1.44. The van der Waals surface area contributed by atoms with Gasteiger partial charge in [-0.3, -0.25) is 10.1 Å².